The van der Waals surface area contributed by atoms with Crippen molar-refractivity contribution in [2.24, 2.45) is 0 Å². The number of ether oxygens (including phenoxy) is 1. The Morgan fingerprint density at radius 3 is 2.45 bits per heavy atom. The quantitative estimate of drug-likeness (QED) is 0.307. The molecule has 0 unspecified atom stereocenters. The van der Waals surface area contributed by atoms with Gasteiger partial charge in [-0.1, -0.05) is 31.4 Å². The molecule has 0 aliphatic heterocycles. The number of nitrogens with one attached hydrogen (secondary N) is 1. The highest BCUT2D eigenvalue weighted by atomic mass is 35.5. The maximum Gasteiger partial charge on any atom is 0.252 e. The van der Waals surface area contributed by atoms with E-state index in [0.717, 1.165) is 41.8 Å². The Labute approximate surface area is 197 Å². The van der Waals surface area contributed by atoms with Crippen LogP contribution in [0.4, 0.5) is 4.39 Å². The summed E-state index contributed by atoms with van der Waals surface area (Å²) in [5.41, 5.74) is 3.96. The Balaban J connectivity index is 1.85. The van der Waals surface area contributed by atoms with Gasteiger partial charge in [0.2, 0.25) is 0 Å². The fourth-order valence-corrected chi connectivity index (χ4v) is 3.99. The van der Waals surface area contributed by atoms with E-state index >= 15 is 0 Å². The van der Waals surface area contributed by atoms with Gasteiger partial charge in [-0.3, -0.25) is 9.20 Å². The van der Waals surface area contributed by atoms with Gasteiger partial charge in [0.25, 0.3) is 5.91 Å². The van der Waals surface area contributed by atoms with Crippen LogP contribution in [-0.4, -0.2) is 28.9 Å². The molecule has 0 aliphatic carbocycles. The summed E-state index contributed by atoms with van der Waals surface area (Å²) in [5, 5.41) is 3.32. The molecule has 0 saturated heterocycles. The zero-order chi connectivity index (χ0) is 23.4. The van der Waals surface area contributed by atoms with Gasteiger partial charge in [0.15, 0.2) is 5.65 Å². The molecule has 0 bridgehead atoms. The molecule has 33 heavy (non-hydrogen) atoms. The predicted molar refractivity (Wildman–Crippen MR) is 129 cm³/mol. The van der Waals surface area contributed by atoms with Crippen molar-refractivity contribution in [1.29, 1.82) is 0 Å². The number of amides is 1. The Morgan fingerprint density at radius 1 is 1.09 bits per heavy atom. The number of methoxy groups -OCH3 is 1. The molecular weight excluding hydrogens is 441 g/mol. The van der Waals surface area contributed by atoms with Crippen molar-refractivity contribution in [2.45, 2.75) is 26.2 Å². The Hall–Kier alpha value is -3.38. The maximum absolute atomic E-state index is 13.6. The number of imidazole rings is 1. The highest BCUT2D eigenvalue weighted by molar-refractivity contribution is 6.34. The van der Waals surface area contributed by atoms with Crippen LogP contribution < -0.4 is 10.1 Å². The molecule has 0 fully saturated rings. The molecule has 5 nitrogen and oxygen atoms in total. The number of unbranched alkanes of at least 4 members (excludes halogenated alkanes) is 2. The number of halogens is 2. The van der Waals surface area contributed by atoms with E-state index in [-0.39, 0.29) is 11.7 Å². The number of rotatable bonds is 8. The van der Waals surface area contributed by atoms with Crippen molar-refractivity contribution in [1.82, 2.24) is 14.7 Å². The number of hydrogen-bond donors (Lipinski definition) is 1. The second-order valence-electron chi connectivity index (χ2n) is 7.78. The van der Waals surface area contributed by atoms with Crippen molar-refractivity contribution in [2.75, 3.05) is 13.7 Å². The summed E-state index contributed by atoms with van der Waals surface area (Å²) in [5.74, 6) is 0.210. The van der Waals surface area contributed by atoms with Gasteiger partial charge < -0.3 is 10.1 Å². The molecule has 2 aromatic carbocycles. The molecule has 170 valence electrons. The van der Waals surface area contributed by atoms with E-state index in [2.05, 4.69) is 12.2 Å². The van der Waals surface area contributed by atoms with Crippen LogP contribution in [0, 0.1) is 5.82 Å². The number of aromatic nitrogens is 2. The molecule has 0 radical (unpaired) electrons. The zero-order valence-corrected chi connectivity index (χ0v) is 19.3. The van der Waals surface area contributed by atoms with Gasteiger partial charge in [-0.2, -0.15) is 0 Å². The van der Waals surface area contributed by atoms with Crippen LogP contribution in [0.2, 0.25) is 5.02 Å². The lowest BCUT2D eigenvalue weighted by Gasteiger charge is -2.10. The molecular formula is C26H25ClFN3O2. The third kappa shape index (κ3) is 4.86. The zero-order valence-electron chi connectivity index (χ0n) is 18.6. The number of carbonyl (C=O) groups is 1. The highest BCUT2D eigenvalue weighted by Gasteiger charge is 2.20. The summed E-state index contributed by atoms with van der Waals surface area (Å²) < 4.78 is 20.7. The average Bonchev–Trinajstić information content (AvgIpc) is 3.22. The van der Waals surface area contributed by atoms with Gasteiger partial charge >= 0.3 is 0 Å². The number of benzene rings is 2. The van der Waals surface area contributed by atoms with Crippen LogP contribution in [0.1, 0.15) is 36.5 Å². The molecule has 2 aromatic heterocycles. The second-order valence-corrected chi connectivity index (χ2v) is 8.18. The summed E-state index contributed by atoms with van der Waals surface area (Å²) in [6.07, 6.45) is 4.81. The van der Waals surface area contributed by atoms with E-state index in [1.165, 1.54) is 12.1 Å². The Bertz CT molecular complexity index is 1270. The smallest absolute Gasteiger partial charge is 0.252 e. The third-order valence-electron chi connectivity index (χ3n) is 5.48. The summed E-state index contributed by atoms with van der Waals surface area (Å²) in [4.78, 5) is 17.6. The van der Waals surface area contributed by atoms with Crippen molar-refractivity contribution >= 4 is 23.2 Å². The van der Waals surface area contributed by atoms with E-state index in [4.69, 9.17) is 21.3 Å². The number of pyridine rings is 1. The molecule has 7 heteroatoms. The van der Waals surface area contributed by atoms with E-state index in [1.54, 1.807) is 31.5 Å². The van der Waals surface area contributed by atoms with Gasteiger partial charge in [-0.25, -0.2) is 9.37 Å². The Morgan fingerprint density at radius 2 is 1.79 bits per heavy atom. The van der Waals surface area contributed by atoms with Crippen LogP contribution in [0.5, 0.6) is 5.75 Å². The molecule has 0 aliphatic rings. The molecule has 0 spiro atoms. The standard InChI is InChI=1S/C26H25ClFN3O2/c1-3-4-5-14-29-26(32)19-15-22(27)25-30-23(17-6-10-20(28)11-7-17)24(31(25)16-19)18-8-12-21(33-2)13-9-18/h6-13,15-16H,3-5,14H2,1-2H3,(H,29,32). The molecule has 2 heterocycles. The van der Waals surface area contributed by atoms with Gasteiger partial charge in [0.1, 0.15) is 11.6 Å². The normalized spacial score (nSPS) is 11.0. The lowest BCUT2D eigenvalue weighted by Crippen LogP contribution is -2.24. The summed E-state index contributed by atoms with van der Waals surface area (Å²) >= 11 is 6.58. The average molecular weight is 466 g/mol. The number of fused-ring (bicyclic) bond motifs is 1. The SMILES string of the molecule is CCCCCNC(=O)c1cc(Cl)c2nc(-c3ccc(F)cc3)c(-c3ccc(OC)cc3)n2c1. The number of nitrogens with zero attached hydrogens (tertiary/aromatic N) is 2. The first-order valence-electron chi connectivity index (χ1n) is 10.9. The van der Waals surface area contributed by atoms with Crippen molar-refractivity contribution in [3.63, 3.8) is 0 Å². The van der Waals surface area contributed by atoms with Crippen LogP contribution in [0.15, 0.2) is 60.8 Å². The van der Waals surface area contributed by atoms with E-state index < -0.39 is 0 Å². The summed E-state index contributed by atoms with van der Waals surface area (Å²) in [7, 11) is 1.61. The summed E-state index contributed by atoms with van der Waals surface area (Å²) in [6.45, 7) is 2.73. The molecule has 4 aromatic rings. The topological polar surface area (TPSA) is 55.6 Å². The fourth-order valence-electron chi connectivity index (χ4n) is 3.74. The fraction of sp³-hybridized carbons (Fsp3) is 0.231. The Kier molecular flexibility index (Phi) is 6.94. The highest BCUT2D eigenvalue weighted by Crippen LogP contribution is 2.36. The second kappa shape index (κ2) is 10.0. The predicted octanol–water partition coefficient (Wildman–Crippen LogP) is 6.39. The van der Waals surface area contributed by atoms with Gasteiger partial charge in [0.05, 0.1) is 29.1 Å². The van der Waals surface area contributed by atoms with Crippen LogP contribution in [-0.2, 0) is 0 Å². The number of carbonyl (C=O) groups excluding carboxylic acids is 1. The first-order valence-corrected chi connectivity index (χ1v) is 11.3. The van der Waals surface area contributed by atoms with Gasteiger partial charge in [-0.05, 0) is 61.0 Å². The van der Waals surface area contributed by atoms with Crippen LogP contribution in [0.25, 0.3) is 28.2 Å². The van der Waals surface area contributed by atoms with E-state index in [1.807, 2.05) is 28.7 Å². The maximum atomic E-state index is 13.6. The molecule has 0 atom stereocenters. The minimum Gasteiger partial charge on any atom is -0.497 e. The third-order valence-corrected chi connectivity index (χ3v) is 5.76. The van der Waals surface area contributed by atoms with Crippen molar-refractivity contribution < 1.29 is 13.9 Å². The number of hydrogen-bond acceptors (Lipinski definition) is 3. The molecule has 1 amide bonds. The van der Waals surface area contributed by atoms with Gasteiger partial charge in [-0.15, -0.1) is 0 Å². The molecule has 1 N–H and O–H groups in total. The largest absolute Gasteiger partial charge is 0.497 e. The van der Waals surface area contributed by atoms with E-state index in [0.29, 0.717) is 28.5 Å². The minimum absolute atomic E-state index is 0.187. The van der Waals surface area contributed by atoms with Crippen molar-refractivity contribution in [3.05, 3.63) is 77.2 Å². The van der Waals surface area contributed by atoms with Crippen molar-refractivity contribution in [3.8, 4) is 28.3 Å². The lowest BCUT2D eigenvalue weighted by atomic mass is 10.0. The van der Waals surface area contributed by atoms with Crippen LogP contribution in [0.3, 0.4) is 0 Å². The minimum atomic E-state index is -0.325. The monoisotopic (exact) mass is 465 g/mol. The van der Waals surface area contributed by atoms with Crippen LogP contribution >= 0.6 is 11.6 Å². The molecule has 0 saturated carbocycles. The first kappa shape index (κ1) is 22.8. The summed E-state index contributed by atoms with van der Waals surface area (Å²) in [6, 6.07) is 15.3. The lowest BCUT2D eigenvalue weighted by molar-refractivity contribution is 0.0952. The van der Waals surface area contributed by atoms with Gasteiger partial charge in [0, 0.05) is 23.9 Å². The van der Waals surface area contributed by atoms with E-state index in [9.17, 15) is 9.18 Å². The molecule has 4 rings (SSSR count). The first-order chi connectivity index (χ1) is 16.0.